The maximum Gasteiger partial charge on any atom is 0.341 e. The van der Waals surface area contributed by atoms with E-state index >= 15 is 0 Å². The van der Waals surface area contributed by atoms with Crippen molar-refractivity contribution in [3.8, 4) is 0 Å². The summed E-state index contributed by atoms with van der Waals surface area (Å²) in [6.45, 7) is 29.1. The van der Waals surface area contributed by atoms with Crippen LogP contribution in [0.3, 0.4) is 0 Å². The average Bonchev–Trinajstić information content (AvgIpc) is 1.42. The minimum atomic E-state index is -1.27. The first-order valence-corrected chi connectivity index (χ1v) is 43.2. The lowest BCUT2D eigenvalue weighted by atomic mass is 9.93. The summed E-state index contributed by atoms with van der Waals surface area (Å²) in [6, 6.07) is 40.3. The van der Waals surface area contributed by atoms with Gasteiger partial charge in [0, 0.05) is 152 Å². The molecule has 4 N–H and O–H groups in total. The van der Waals surface area contributed by atoms with Crippen molar-refractivity contribution < 1.29 is 58.8 Å². The van der Waals surface area contributed by atoms with Crippen LogP contribution in [0.15, 0.2) is 171 Å². The lowest BCUT2D eigenvalue weighted by Crippen LogP contribution is -2.42. The zero-order chi connectivity index (χ0) is 90.1. The molecule has 4 saturated heterocycles. The van der Waals surface area contributed by atoms with E-state index in [-0.39, 0.29) is 86.0 Å². The smallest absolute Gasteiger partial charge is 0.341 e. The second kappa shape index (κ2) is 37.0. The van der Waals surface area contributed by atoms with Crippen LogP contribution < -0.4 is 21.7 Å². The van der Waals surface area contributed by atoms with Gasteiger partial charge in [-0.3, -0.25) is 43.0 Å². The van der Waals surface area contributed by atoms with Crippen LogP contribution in [-0.2, 0) is 38.9 Å². The molecule has 12 aromatic rings. The van der Waals surface area contributed by atoms with Crippen molar-refractivity contribution in [1.29, 1.82) is 0 Å². The Morgan fingerprint density at radius 1 is 0.365 bits per heavy atom. The summed E-state index contributed by atoms with van der Waals surface area (Å²) in [5, 5.41) is 43.9. The Hall–Kier alpha value is -13.7. The average molecular weight is 1700 g/mol. The van der Waals surface area contributed by atoms with Gasteiger partial charge in [0.05, 0.1) is 34.3 Å². The fourth-order valence-corrected chi connectivity index (χ4v) is 16.8. The van der Waals surface area contributed by atoms with Crippen molar-refractivity contribution in [2.24, 2.45) is 11.8 Å². The Morgan fingerprint density at radius 2 is 0.675 bits per heavy atom. The van der Waals surface area contributed by atoms with E-state index in [4.69, 9.17) is 0 Å². The van der Waals surface area contributed by atoms with Crippen LogP contribution >= 0.6 is 0 Å². The van der Waals surface area contributed by atoms with Gasteiger partial charge in [0.25, 0.3) is 23.6 Å². The summed E-state index contributed by atoms with van der Waals surface area (Å²) in [7, 11) is 0. The van der Waals surface area contributed by atoms with Crippen molar-refractivity contribution in [2.75, 3.05) is 52.4 Å². The maximum atomic E-state index is 13.3. The van der Waals surface area contributed by atoms with Crippen molar-refractivity contribution in [2.45, 2.75) is 166 Å². The molecule has 4 aliphatic heterocycles. The predicted octanol–water partition coefficient (Wildman–Crippen LogP) is 15.0. The molecule has 652 valence electrons. The number of amides is 4. The highest BCUT2D eigenvalue weighted by Gasteiger charge is 2.34. The van der Waals surface area contributed by atoms with Crippen LogP contribution in [0.2, 0.25) is 0 Å². The molecule has 5 aromatic heterocycles. The summed E-state index contributed by atoms with van der Waals surface area (Å²) >= 11 is 0. The maximum absolute atomic E-state index is 13.3. The van der Waals surface area contributed by atoms with Gasteiger partial charge in [-0.2, -0.15) is 5.10 Å². The van der Waals surface area contributed by atoms with Crippen molar-refractivity contribution >= 4 is 91.1 Å². The molecular formula is C100H106N10O16. The number of fused-ring (bicyclic) bond motifs is 4. The summed E-state index contributed by atoms with van der Waals surface area (Å²) in [4.78, 5) is 159. The highest BCUT2D eigenvalue weighted by atomic mass is 16.4. The van der Waals surface area contributed by atoms with Gasteiger partial charge < -0.3 is 58.3 Å². The number of likely N-dealkylation sites (tertiary alicyclic amines) is 4. The van der Waals surface area contributed by atoms with E-state index < -0.39 is 45.6 Å². The first-order chi connectivity index (χ1) is 60.1. The third kappa shape index (κ3) is 18.6. The number of hydrogen-bond acceptors (Lipinski definition) is 13. The van der Waals surface area contributed by atoms with Crippen molar-refractivity contribution in [3.05, 3.63) is 305 Å². The summed E-state index contributed by atoms with van der Waals surface area (Å²) in [6.07, 6.45) is 13.2. The highest BCUT2D eigenvalue weighted by Crippen LogP contribution is 2.39. The quantitative estimate of drug-likeness (QED) is 0.0490. The van der Waals surface area contributed by atoms with E-state index in [1.54, 1.807) is 48.4 Å². The van der Waals surface area contributed by atoms with E-state index in [0.717, 1.165) is 106 Å². The molecule has 0 spiro atoms. The van der Waals surface area contributed by atoms with Crippen molar-refractivity contribution in [1.82, 2.24) is 47.6 Å². The Bertz CT molecular complexity index is 6490. The van der Waals surface area contributed by atoms with Crippen LogP contribution in [0.1, 0.15) is 242 Å². The number of aryl methyl sites for hydroxylation is 5. The largest absolute Gasteiger partial charge is 0.477 e. The second-order valence-corrected chi connectivity index (χ2v) is 35.0. The predicted molar refractivity (Wildman–Crippen MR) is 484 cm³/mol. The van der Waals surface area contributed by atoms with Gasteiger partial charge >= 0.3 is 23.9 Å². The molecule has 17 rings (SSSR count). The number of pyridine rings is 4. The second-order valence-electron chi connectivity index (χ2n) is 35.0. The first kappa shape index (κ1) is 88.7. The van der Waals surface area contributed by atoms with Crippen LogP contribution in [0.5, 0.6) is 0 Å². The molecule has 5 fully saturated rings. The van der Waals surface area contributed by atoms with E-state index in [0.29, 0.717) is 141 Å². The molecule has 0 atom stereocenters. The SMILES string of the molecule is Cc1cc(C)n(Cc2cc3c(cc2C(=O)N2CCC2)c(=O)c(C(=O)O)cn3CC(C)C)n1.Cc1ccccc1Cc1cc2c(cc1C(=O)N1CCC1)c(=O)c(C(=O)O)cn2C(C)C.Cc1ccccc1Cc1cc2c(cc1C(=O)N1CCC1)c(=O)c(C(=O)O)cn2C1CC1.Cc1ccccc1Cc1cc2c(cc1C(=O)N1CCC1)c(=O)c(C(=O)O)cn2CC(C)C. The Morgan fingerprint density at radius 3 is 0.984 bits per heavy atom. The number of nitrogens with zero attached hydrogens (tertiary/aromatic N) is 10. The first-order valence-electron chi connectivity index (χ1n) is 43.2. The molecule has 26 heteroatoms. The fourth-order valence-electron chi connectivity index (χ4n) is 16.8. The molecule has 0 unspecified atom stereocenters. The highest BCUT2D eigenvalue weighted by molar-refractivity contribution is 6.05. The van der Waals surface area contributed by atoms with E-state index in [1.165, 1.54) is 24.8 Å². The number of rotatable bonds is 22. The molecular weight excluding hydrogens is 1600 g/mol. The Kier molecular flexibility index (Phi) is 26.1. The molecule has 5 aliphatic rings. The lowest BCUT2D eigenvalue weighted by molar-refractivity contribution is 0.0643. The normalized spacial score (nSPS) is 14.0. The number of carboxylic acids is 4. The zero-order valence-corrected chi connectivity index (χ0v) is 73.0. The van der Waals surface area contributed by atoms with Gasteiger partial charge in [0.15, 0.2) is 0 Å². The third-order valence-electron chi connectivity index (χ3n) is 24.5. The van der Waals surface area contributed by atoms with Gasteiger partial charge in [-0.05, 0) is 228 Å². The monoisotopic (exact) mass is 1700 g/mol. The number of hydrogen-bond donors (Lipinski definition) is 4. The van der Waals surface area contributed by atoms with Crippen LogP contribution in [0.25, 0.3) is 43.6 Å². The molecule has 126 heavy (non-hydrogen) atoms. The van der Waals surface area contributed by atoms with Gasteiger partial charge in [0.2, 0.25) is 21.7 Å². The number of carboxylic acid groups (broad SMARTS) is 4. The topological polar surface area (TPSA) is 336 Å². The number of carbonyl (C=O) groups excluding carboxylic acids is 4. The summed E-state index contributed by atoms with van der Waals surface area (Å²) in [5.41, 5.74) is 13.2. The Labute approximate surface area is 728 Å². The standard InChI is InChI=1S/C26H28N2O4.C25H24N2O4.C25H26N2O4.C24H28N4O4/c1-16(2)14-28-15-22(26(31)32)24(29)21-13-20(25(30)27-9-6-10-27)19(12-23(21)28)11-18-8-5-4-7-17(18)3;1-15-5-2-3-6-16(15)11-17-12-22-20(13-19(17)24(29)26-9-4-10-26)23(28)21(25(30)31)14-27(22)18-7-8-18;1-15(2)27-14-21(25(30)31)23(28)20-13-19(24(29)26-9-6-10-26)18(12-22(20)27)11-17-8-5-4-7-16(17)3;1-14(2)11-27-13-20(24(31)32)22(29)19-10-18(23(30)26-6-5-7-26)17(9-21(19)27)12-28-16(4)8-15(3)25-28/h4-5,7-8,12-13,15-16H,6,9-11,14H2,1-3H3,(H,31,32);2-3,5-6,12-14,18H,4,7-11H2,1H3,(H,30,31);4-5,7-8,12-15H,6,9-11H2,1-3H3,(H,30,31);8-10,13-14H,5-7,11-12H2,1-4H3,(H,31,32). The molecule has 1 saturated carbocycles. The van der Waals surface area contributed by atoms with E-state index in [1.807, 2.05) is 192 Å². The van der Waals surface area contributed by atoms with Gasteiger partial charge in [-0.15, -0.1) is 0 Å². The van der Waals surface area contributed by atoms with Crippen LogP contribution in [0.4, 0.5) is 0 Å². The summed E-state index contributed by atoms with van der Waals surface area (Å²) < 4.78 is 9.22. The lowest BCUT2D eigenvalue weighted by Gasteiger charge is -2.32. The minimum absolute atomic E-state index is 0.0514. The Balaban J connectivity index is 0.000000136. The molecule has 4 amide bonds. The molecule has 26 nitrogen and oxygen atoms in total. The minimum Gasteiger partial charge on any atom is -0.477 e. The van der Waals surface area contributed by atoms with E-state index in [2.05, 4.69) is 11.2 Å². The molecule has 9 heterocycles. The zero-order valence-electron chi connectivity index (χ0n) is 73.0. The third-order valence-corrected chi connectivity index (χ3v) is 24.5. The number of aromatic carboxylic acids is 4. The van der Waals surface area contributed by atoms with Crippen LogP contribution in [0, 0.1) is 46.5 Å². The number of benzene rings is 7. The van der Waals surface area contributed by atoms with Gasteiger partial charge in [-0.1, -0.05) is 100 Å². The number of carbonyl (C=O) groups is 8. The van der Waals surface area contributed by atoms with E-state index in [9.17, 15) is 78.0 Å². The van der Waals surface area contributed by atoms with Gasteiger partial charge in [-0.25, -0.2) is 19.2 Å². The van der Waals surface area contributed by atoms with Crippen LogP contribution in [-0.4, -0.2) is 168 Å². The van der Waals surface area contributed by atoms with Gasteiger partial charge in [0.1, 0.15) is 22.3 Å². The van der Waals surface area contributed by atoms with Crippen molar-refractivity contribution in [3.63, 3.8) is 0 Å². The fraction of sp³-hybridized carbons (Fsp3) is 0.350. The molecule has 7 aromatic carbocycles. The molecule has 1 aliphatic carbocycles. The summed E-state index contributed by atoms with van der Waals surface area (Å²) in [5.74, 6) is -4.95. The molecule has 0 bridgehead atoms. The molecule has 0 radical (unpaired) electrons. The number of aromatic nitrogens is 6.